The van der Waals surface area contributed by atoms with Crippen molar-refractivity contribution < 1.29 is 22.0 Å². The zero-order valence-corrected chi connectivity index (χ0v) is 18.3. The average Bonchev–Trinajstić information content (AvgIpc) is 3.03. The van der Waals surface area contributed by atoms with E-state index in [1.165, 1.54) is 6.07 Å². The SMILES string of the molecule is CCCNC(=O)Cc1cc(N2CCCNCC2)ccc1S(=O)(=O)c1ccc(F)c(F)c1. The molecule has 2 aromatic carbocycles. The third-order valence-electron chi connectivity index (χ3n) is 5.16. The summed E-state index contributed by atoms with van der Waals surface area (Å²) in [4.78, 5) is 14.1. The number of anilines is 1. The van der Waals surface area contributed by atoms with Crippen LogP contribution in [0.4, 0.5) is 14.5 Å². The first-order valence-electron chi connectivity index (χ1n) is 10.4. The van der Waals surface area contributed by atoms with Gasteiger partial charge in [0.25, 0.3) is 0 Å². The van der Waals surface area contributed by atoms with Crippen LogP contribution in [0.5, 0.6) is 0 Å². The molecule has 1 aliphatic heterocycles. The molecule has 168 valence electrons. The van der Waals surface area contributed by atoms with Crippen molar-refractivity contribution in [1.82, 2.24) is 10.6 Å². The van der Waals surface area contributed by atoms with Crippen LogP contribution in [0.15, 0.2) is 46.2 Å². The number of rotatable bonds is 7. The largest absolute Gasteiger partial charge is 0.370 e. The lowest BCUT2D eigenvalue weighted by Crippen LogP contribution is -2.29. The van der Waals surface area contributed by atoms with Crippen LogP contribution < -0.4 is 15.5 Å². The molecule has 0 bridgehead atoms. The average molecular weight is 452 g/mol. The van der Waals surface area contributed by atoms with E-state index in [-0.39, 0.29) is 22.1 Å². The lowest BCUT2D eigenvalue weighted by Gasteiger charge is -2.24. The van der Waals surface area contributed by atoms with Gasteiger partial charge < -0.3 is 15.5 Å². The molecule has 0 radical (unpaired) electrons. The maximum Gasteiger partial charge on any atom is 0.224 e. The van der Waals surface area contributed by atoms with Crippen LogP contribution in [0.1, 0.15) is 25.3 Å². The molecule has 0 unspecified atom stereocenters. The predicted octanol–water partition coefficient (Wildman–Crippen LogP) is 2.67. The molecule has 31 heavy (non-hydrogen) atoms. The van der Waals surface area contributed by atoms with E-state index in [9.17, 15) is 22.0 Å². The van der Waals surface area contributed by atoms with Crippen LogP contribution in [0.2, 0.25) is 0 Å². The maximum atomic E-state index is 13.7. The predicted molar refractivity (Wildman–Crippen MR) is 115 cm³/mol. The van der Waals surface area contributed by atoms with Crippen molar-refractivity contribution in [3.8, 4) is 0 Å². The highest BCUT2D eigenvalue weighted by Crippen LogP contribution is 2.29. The van der Waals surface area contributed by atoms with Crippen LogP contribution in [0, 0.1) is 11.6 Å². The molecule has 2 N–H and O–H groups in total. The van der Waals surface area contributed by atoms with Crippen molar-refractivity contribution >= 4 is 21.4 Å². The molecule has 3 rings (SSSR count). The Labute approximate surface area is 181 Å². The fourth-order valence-electron chi connectivity index (χ4n) is 3.54. The summed E-state index contributed by atoms with van der Waals surface area (Å²) < 4.78 is 53.4. The molecule has 1 fully saturated rings. The smallest absolute Gasteiger partial charge is 0.224 e. The number of sulfone groups is 1. The second kappa shape index (κ2) is 10.2. The van der Waals surface area contributed by atoms with Crippen LogP contribution in [0.3, 0.4) is 0 Å². The van der Waals surface area contributed by atoms with Crippen molar-refractivity contribution in [3.05, 3.63) is 53.6 Å². The lowest BCUT2D eigenvalue weighted by molar-refractivity contribution is -0.120. The number of amides is 1. The normalized spacial score (nSPS) is 14.9. The fraction of sp³-hybridized carbons (Fsp3) is 0.409. The monoisotopic (exact) mass is 451 g/mol. The van der Waals surface area contributed by atoms with Gasteiger partial charge in [0.05, 0.1) is 16.2 Å². The van der Waals surface area contributed by atoms with Gasteiger partial charge in [0, 0.05) is 31.9 Å². The van der Waals surface area contributed by atoms with E-state index in [1.807, 2.05) is 6.92 Å². The van der Waals surface area contributed by atoms with Gasteiger partial charge in [0.2, 0.25) is 15.7 Å². The van der Waals surface area contributed by atoms with Gasteiger partial charge in [-0.1, -0.05) is 6.92 Å². The number of carbonyl (C=O) groups excluding carboxylic acids is 1. The van der Waals surface area contributed by atoms with Gasteiger partial charge in [0.15, 0.2) is 11.6 Å². The molecule has 6 nitrogen and oxygen atoms in total. The van der Waals surface area contributed by atoms with Crippen molar-refractivity contribution in [3.63, 3.8) is 0 Å². The molecule has 0 aromatic heterocycles. The van der Waals surface area contributed by atoms with Gasteiger partial charge in [-0.3, -0.25) is 4.79 Å². The highest BCUT2D eigenvalue weighted by molar-refractivity contribution is 7.91. The van der Waals surface area contributed by atoms with Crippen molar-refractivity contribution in [2.24, 2.45) is 0 Å². The molecule has 9 heteroatoms. The van der Waals surface area contributed by atoms with Gasteiger partial charge in [-0.2, -0.15) is 0 Å². The van der Waals surface area contributed by atoms with E-state index in [2.05, 4.69) is 15.5 Å². The lowest BCUT2D eigenvalue weighted by atomic mass is 10.1. The minimum atomic E-state index is -4.15. The summed E-state index contributed by atoms with van der Waals surface area (Å²) in [6.07, 6.45) is 1.58. The second-order valence-corrected chi connectivity index (χ2v) is 9.41. The molecule has 0 atom stereocenters. The van der Waals surface area contributed by atoms with Gasteiger partial charge in [0.1, 0.15) is 0 Å². The maximum absolute atomic E-state index is 13.7. The van der Waals surface area contributed by atoms with Crippen molar-refractivity contribution in [2.75, 3.05) is 37.6 Å². The quantitative estimate of drug-likeness (QED) is 0.633. The van der Waals surface area contributed by atoms with Gasteiger partial charge in [-0.15, -0.1) is 0 Å². The number of benzene rings is 2. The van der Waals surface area contributed by atoms with E-state index >= 15 is 0 Å². The number of halogens is 2. The first-order chi connectivity index (χ1) is 14.8. The summed E-state index contributed by atoms with van der Waals surface area (Å²) in [6, 6.07) is 7.35. The molecule has 1 saturated heterocycles. The third kappa shape index (κ3) is 5.59. The minimum Gasteiger partial charge on any atom is -0.370 e. The molecular formula is C22H27F2N3O3S. The Morgan fingerprint density at radius 3 is 2.65 bits per heavy atom. The molecule has 0 saturated carbocycles. The number of nitrogens with one attached hydrogen (secondary N) is 2. The van der Waals surface area contributed by atoms with Crippen LogP contribution >= 0.6 is 0 Å². The molecule has 1 amide bonds. The Balaban J connectivity index is 2.02. The standard InChI is InChI=1S/C22H27F2N3O3S/c1-2-8-26-22(28)14-16-13-17(27-11-3-9-25-10-12-27)4-7-21(16)31(29,30)18-5-6-19(23)20(24)15-18/h4-7,13,15,25H,2-3,8-12,14H2,1H3,(H,26,28). The van der Waals surface area contributed by atoms with Gasteiger partial charge in [-0.25, -0.2) is 17.2 Å². The Hall–Kier alpha value is -2.52. The zero-order chi connectivity index (χ0) is 22.4. The first kappa shape index (κ1) is 23.1. The van der Waals surface area contributed by atoms with Crippen LogP contribution in [0.25, 0.3) is 0 Å². The number of hydrogen-bond acceptors (Lipinski definition) is 5. The molecular weight excluding hydrogens is 424 g/mol. The van der Waals surface area contributed by atoms with Crippen LogP contribution in [-0.2, 0) is 21.1 Å². The topological polar surface area (TPSA) is 78.5 Å². The first-order valence-corrected chi connectivity index (χ1v) is 11.9. The molecule has 2 aromatic rings. The fourth-order valence-corrected chi connectivity index (χ4v) is 5.02. The Morgan fingerprint density at radius 1 is 1.10 bits per heavy atom. The van der Waals surface area contributed by atoms with E-state index in [0.29, 0.717) is 18.2 Å². The summed E-state index contributed by atoms with van der Waals surface area (Å²) >= 11 is 0. The third-order valence-corrected chi connectivity index (χ3v) is 7.02. The summed E-state index contributed by atoms with van der Waals surface area (Å²) in [5.74, 6) is -2.65. The summed E-state index contributed by atoms with van der Waals surface area (Å²) in [7, 11) is -4.15. The highest BCUT2D eigenvalue weighted by atomic mass is 32.2. The highest BCUT2D eigenvalue weighted by Gasteiger charge is 2.25. The Bertz CT molecular complexity index is 1040. The summed E-state index contributed by atoms with van der Waals surface area (Å²) in [6.45, 7) is 5.70. The van der Waals surface area contributed by atoms with Crippen molar-refractivity contribution in [1.29, 1.82) is 0 Å². The molecule has 0 spiro atoms. The van der Waals surface area contributed by atoms with E-state index in [1.54, 1.807) is 12.1 Å². The molecule has 1 heterocycles. The van der Waals surface area contributed by atoms with Gasteiger partial charge >= 0.3 is 0 Å². The van der Waals surface area contributed by atoms with E-state index in [0.717, 1.165) is 56.8 Å². The summed E-state index contributed by atoms with van der Waals surface area (Å²) in [5.41, 5.74) is 1.15. The molecule has 0 aliphatic carbocycles. The van der Waals surface area contributed by atoms with E-state index < -0.39 is 21.5 Å². The molecule has 1 aliphatic rings. The second-order valence-electron chi connectivity index (χ2n) is 7.49. The van der Waals surface area contributed by atoms with Gasteiger partial charge in [-0.05, 0) is 61.3 Å². The number of carbonyl (C=O) groups is 1. The van der Waals surface area contributed by atoms with Crippen molar-refractivity contribution in [2.45, 2.75) is 36.0 Å². The zero-order valence-electron chi connectivity index (χ0n) is 17.5. The number of nitrogens with zero attached hydrogens (tertiary/aromatic N) is 1. The minimum absolute atomic E-state index is 0.0816. The Morgan fingerprint density at radius 2 is 1.90 bits per heavy atom. The Kier molecular flexibility index (Phi) is 7.61. The van der Waals surface area contributed by atoms with E-state index in [4.69, 9.17) is 0 Å². The number of hydrogen-bond donors (Lipinski definition) is 2. The summed E-state index contributed by atoms with van der Waals surface area (Å²) in [5, 5.41) is 6.07. The van der Waals surface area contributed by atoms with Crippen LogP contribution in [-0.4, -0.2) is 47.0 Å².